The standard InChI is InChI=1S/C20H27N3O4/c1-27-17-7-3-2-6-16(17)22-10-8-15(12-22)21-19(26)23-11-14-5-4-9-20(14,13-23)18(24)25/h2-3,6-7,14-15H,4-5,8-13H2,1H3,(H,21,26)(H,24,25)/t14-,15?,20+/m0/s1. The van der Waals surface area contributed by atoms with Crippen molar-refractivity contribution in [3.05, 3.63) is 24.3 Å². The van der Waals surface area contributed by atoms with Crippen LogP contribution < -0.4 is 15.0 Å². The number of nitrogens with zero attached hydrogens (tertiary/aromatic N) is 2. The molecule has 7 nitrogen and oxygen atoms in total. The van der Waals surface area contributed by atoms with E-state index in [4.69, 9.17) is 4.74 Å². The lowest BCUT2D eigenvalue weighted by atomic mass is 9.81. The predicted molar refractivity (Wildman–Crippen MR) is 101 cm³/mol. The zero-order chi connectivity index (χ0) is 19.0. The minimum absolute atomic E-state index is 0.0589. The predicted octanol–water partition coefficient (Wildman–Crippen LogP) is 2.17. The van der Waals surface area contributed by atoms with Crippen molar-refractivity contribution in [3.8, 4) is 5.75 Å². The van der Waals surface area contributed by atoms with E-state index in [1.54, 1.807) is 12.0 Å². The number of ether oxygens (including phenoxy) is 1. The fourth-order valence-electron chi connectivity index (χ4n) is 5.05. The van der Waals surface area contributed by atoms with E-state index in [0.29, 0.717) is 19.5 Å². The van der Waals surface area contributed by atoms with E-state index in [1.807, 2.05) is 24.3 Å². The Balaban J connectivity index is 1.37. The minimum Gasteiger partial charge on any atom is -0.495 e. The molecular weight excluding hydrogens is 346 g/mol. The molecule has 27 heavy (non-hydrogen) atoms. The largest absolute Gasteiger partial charge is 0.495 e. The van der Waals surface area contributed by atoms with Crippen LogP contribution >= 0.6 is 0 Å². The Kier molecular flexibility index (Phi) is 4.61. The van der Waals surface area contributed by atoms with Gasteiger partial charge in [-0.2, -0.15) is 0 Å². The molecule has 1 unspecified atom stereocenters. The number of carbonyl (C=O) groups is 2. The van der Waals surface area contributed by atoms with Crippen LogP contribution in [0.1, 0.15) is 25.7 Å². The third-order valence-electron chi connectivity index (χ3n) is 6.53. The molecule has 1 aliphatic carbocycles. The van der Waals surface area contributed by atoms with Crippen LogP contribution in [0.3, 0.4) is 0 Å². The van der Waals surface area contributed by atoms with E-state index in [9.17, 15) is 14.7 Å². The van der Waals surface area contributed by atoms with Gasteiger partial charge in [-0.3, -0.25) is 4.79 Å². The second-order valence-electron chi connectivity index (χ2n) is 7.98. The molecule has 4 rings (SSSR count). The number of benzene rings is 1. The SMILES string of the molecule is COc1ccccc1N1CCC(NC(=O)N2C[C@@H]3CCC[C@@]3(C(=O)O)C2)C1. The summed E-state index contributed by atoms with van der Waals surface area (Å²) in [6.07, 6.45) is 3.40. The summed E-state index contributed by atoms with van der Waals surface area (Å²) < 4.78 is 5.44. The molecule has 3 aliphatic rings. The zero-order valence-electron chi connectivity index (χ0n) is 15.7. The first-order valence-corrected chi connectivity index (χ1v) is 9.70. The second-order valence-corrected chi connectivity index (χ2v) is 7.98. The van der Waals surface area contributed by atoms with Crippen molar-refractivity contribution >= 4 is 17.7 Å². The van der Waals surface area contributed by atoms with Gasteiger partial charge in [-0.05, 0) is 37.3 Å². The number of hydrogen-bond donors (Lipinski definition) is 2. The highest BCUT2D eigenvalue weighted by atomic mass is 16.5. The second kappa shape index (κ2) is 6.94. The van der Waals surface area contributed by atoms with Crippen LogP contribution in [0.5, 0.6) is 5.75 Å². The number of methoxy groups -OCH3 is 1. The fraction of sp³-hybridized carbons (Fsp3) is 0.600. The number of anilines is 1. The van der Waals surface area contributed by atoms with E-state index in [2.05, 4.69) is 10.2 Å². The van der Waals surface area contributed by atoms with Crippen LogP contribution in [0, 0.1) is 11.3 Å². The smallest absolute Gasteiger partial charge is 0.317 e. The molecule has 0 aromatic heterocycles. The number of rotatable bonds is 4. The third kappa shape index (κ3) is 3.09. The summed E-state index contributed by atoms with van der Waals surface area (Å²) in [7, 11) is 1.66. The van der Waals surface area contributed by atoms with Crippen molar-refractivity contribution in [3.63, 3.8) is 0 Å². The Bertz CT molecular complexity index is 740. The molecule has 3 fully saturated rings. The molecule has 1 aromatic rings. The van der Waals surface area contributed by atoms with Gasteiger partial charge in [-0.15, -0.1) is 0 Å². The van der Waals surface area contributed by atoms with Crippen LogP contribution in [0.2, 0.25) is 0 Å². The molecule has 0 radical (unpaired) electrons. The lowest BCUT2D eigenvalue weighted by Gasteiger charge is -2.25. The number of amides is 2. The Labute approximate surface area is 159 Å². The zero-order valence-corrected chi connectivity index (χ0v) is 15.7. The summed E-state index contributed by atoms with van der Waals surface area (Å²) in [6, 6.07) is 7.83. The third-order valence-corrected chi connectivity index (χ3v) is 6.53. The van der Waals surface area contributed by atoms with Gasteiger partial charge in [0.2, 0.25) is 0 Å². The summed E-state index contributed by atoms with van der Waals surface area (Å²) in [5, 5.41) is 12.8. The number of urea groups is 1. The molecule has 2 heterocycles. The molecule has 2 saturated heterocycles. The van der Waals surface area contributed by atoms with E-state index in [0.717, 1.165) is 43.8 Å². The van der Waals surface area contributed by atoms with Crippen molar-refractivity contribution in [2.75, 3.05) is 38.2 Å². The summed E-state index contributed by atoms with van der Waals surface area (Å²) >= 11 is 0. The molecule has 2 N–H and O–H groups in total. The number of hydrogen-bond acceptors (Lipinski definition) is 4. The first kappa shape index (κ1) is 17.9. The van der Waals surface area contributed by atoms with Crippen molar-refractivity contribution in [1.82, 2.24) is 10.2 Å². The Hall–Kier alpha value is -2.44. The van der Waals surface area contributed by atoms with Crippen LogP contribution in [0.15, 0.2) is 24.3 Å². The number of aliphatic carboxylic acids is 1. The molecule has 7 heteroatoms. The monoisotopic (exact) mass is 373 g/mol. The molecule has 2 amide bonds. The molecule has 1 aromatic carbocycles. The van der Waals surface area contributed by atoms with Gasteiger partial charge in [0.25, 0.3) is 0 Å². The Morgan fingerprint density at radius 2 is 2.07 bits per heavy atom. The van der Waals surface area contributed by atoms with Crippen LogP contribution in [0.4, 0.5) is 10.5 Å². The molecule has 2 aliphatic heterocycles. The maximum Gasteiger partial charge on any atom is 0.317 e. The van der Waals surface area contributed by atoms with Gasteiger partial charge in [-0.1, -0.05) is 18.6 Å². The van der Waals surface area contributed by atoms with Crippen molar-refractivity contribution in [2.45, 2.75) is 31.7 Å². The number of carbonyl (C=O) groups excluding carboxylic acids is 1. The lowest BCUT2D eigenvalue weighted by Crippen LogP contribution is -2.46. The summed E-state index contributed by atoms with van der Waals surface area (Å²) in [4.78, 5) is 28.5. The highest BCUT2D eigenvalue weighted by molar-refractivity contribution is 5.80. The number of fused-ring (bicyclic) bond motifs is 1. The molecule has 0 bridgehead atoms. The first-order valence-electron chi connectivity index (χ1n) is 9.70. The minimum atomic E-state index is -0.747. The van der Waals surface area contributed by atoms with Gasteiger partial charge in [0.05, 0.1) is 18.2 Å². The summed E-state index contributed by atoms with van der Waals surface area (Å²) in [5.41, 5.74) is 0.313. The van der Waals surface area contributed by atoms with Crippen LogP contribution in [-0.2, 0) is 4.79 Å². The Morgan fingerprint density at radius 1 is 1.26 bits per heavy atom. The van der Waals surface area contributed by atoms with E-state index < -0.39 is 11.4 Å². The van der Waals surface area contributed by atoms with Gasteiger partial charge in [0.15, 0.2) is 0 Å². The number of nitrogens with one attached hydrogen (secondary N) is 1. The average molecular weight is 373 g/mol. The van der Waals surface area contributed by atoms with Crippen molar-refractivity contribution in [1.29, 1.82) is 0 Å². The molecule has 1 saturated carbocycles. The van der Waals surface area contributed by atoms with E-state index >= 15 is 0 Å². The quantitative estimate of drug-likeness (QED) is 0.845. The van der Waals surface area contributed by atoms with Crippen LogP contribution in [0.25, 0.3) is 0 Å². The maximum absolute atomic E-state index is 12.7. The van der Waals surface area contributed by atoms with Crippen molar-refractivity contribution < 1.29 is 19.4 Å². The van der Waals surface area contributed by atoms with Gasteiger partial charge in [0, 0.05) is 32.2 Å². The van der Waals surface area contributed by atoms with E-state index in [-0.39, 0.29) is 18.0 Å². The lowest BCUT2D eigenvalue weighted by molar-refractivity contribution is -0.149. The highest BCUT2D eigenvalue weighted by Gasteiger charge is 2.55. The Morgan fingerprint density at radius 3 is 2.81 bits per heavy atom. The van der Waals surface area contributed by atoms with Gasteiger partial charge in [0.1, 0.15) is 5.75 Å². The van der Waals surface area contributed by atoms with Crippen molar-refractivity contribution in [2.24, 2.45) is 11.3 Å². The summed E-state index contributed by atoms with van der Waals surface area (Å²) in [6.45, 7) is 2.48. The molecular formula is C20H27N3O4. The average Bonchev–Trinajstić information content (AvgIpc) is 3.35. The van der Waals surface area contributed by atoms with Crippen LogP contribution in [-0.4, -0.2) is 61.3 Å². The molecule has 3 atom stereocenters. The maximum atomic E-state index is 12.7. The normalized spacial score (nSPS) is 29.7. The number of likely N-dealkylation sites (tertiary alicyclic amines) is 1. The number of carboxylic acid groups (broad SMARTS) is 1. The molecule has 0 spiro atoms. The van der Waals surface area contributed by atoms with Gasteiger partial charge >= 0.3 is 12.0 Å². The van der Waals surface area contributed by atoms with Gasteiger partial charge in [-0.25, -0.2) is 4.79 Å². The first-order chi connectivity index (χ1) is 13.0. The fourth-order valence-corrected chi connectivity index (χ4v) is 5.05. The molecule has 146 valence electrons. The number of para-hydroxylation sites is 2. The topological polar surface area (TPSA) is 82.1 Å². The number of carboxylic acids is 1. The highest BCUT2D eigenvalue weighted by Crippen LogP contribution is 2.48. The van der Waals surface area contributed by atoms with Gasteiger partial charge < -0.3 is 25.0 Å². The van der Waals surface area contributed by atoms with E-state index in [1.165, 1.54) is 0 Å². The summed E-state index contributed by atoms with van der Waals surface area (Å²) in [5.74, 6) is 0.179.